The topological polar surface area (TPSA) is 81.2 Å². The lowest BCUT2D eigenvalue weighted by Gasteiger charge is -2.11. The van der Waals surface area contributed by atoms with E-state index in [1.54, 1.807) is 24.3 Å². The molecule has 0 fully saturated rings. The number of amides is 1. The van der Waals surface area contributed by atoms with Crippen molar-refractivity contribution in [3.05, 3.63) is 81.9 Å². The number of ketones is 1. The van der Waals surface area contributed by atoms with E-state index in [4.69, 9.17) is 27.9 Å². The van der Waals surface area contributed by atoms with Gasteiger partial charge in [-0.15, -0.1) is 0 Å². The Kier molecular flexibility index (Phi) is 5.69. The van der Waals surface area contributed by atoms with Gasteiger partial charge >= 0.3 is 0 Å². The van der Waals surface area contributed by atoms with Crippen LogP contribution in [0, 0.1) is 0 Å². The molecular weight excluding hydrogens is 389 g/mol. The van der Waals surface area contributed by atoms with Crippen LogP contribution in [-0.4, -0.2) is 28.8 Å². The molecule has 1 N–H and O–H groups in total. The van der Waals surface area contributed by atoms with Gasteiger partial charge in [-0.2, -0.15) is 0 Å². The fourth-order valence-electron chi connectivity index (χ4n) is 2.38. The summed E-state index contributed by atoms with van der Waals surface area (Å²) >= 11 is 12.1. The van der Waals surface area contributed by atoms with Gasteiger partial charge in [-0.25, -0.2) is 0 Å². The van der Waals surface area contributed by atoms with Gasteiger partial charge in [-0.1, -0.05) is 29.3 Å². The van der Waals surface area contributed by atoms with Gasteiger partial charge in [0.2, 0.25) is 5.78 Å². The summed E-state index contributed by atoms with van der Waals surface area (Å²) in [5, 5.41) is 3.03. The first-order valence-corrected chi connectivity index (χ1v) is 8.51. The molecule has 0 aliphatic rings. The van der Waals surface area contributed by atoms with E-state index < -0.39 is 5.91 Å². The molecule has 0 atom stereocenters. The third kappa shape index (κ3) is 4.07. The molecule has 136 valence electrons. The van der Waals surface area contributed by atoms with E-state index in [9.17, 15) is 9.59 Å². The predicted molar refractivity (Wildman–Crippen MR) is 103 cm³/mol. The third-order valence-electron chi connectivity index (χ3n) is 3.70. The van der Waals surface area contributed by atoms with Gasteiger partial charge in [-0.3, -0.25) is 19.6 Å². The quantitative estimate of drug-likeness (QED) is 0.645. The average Bonchev–Trinajstić information content (AvgIpc) is 2.70. The summed E-state index contributed by atoms with van der Waals surface area (Å²) in [6.45, 7) is 0. The minimum atomic E-state index is -0.484. The van der Waals surface area contributed by atoms with Crippen molar-refractivity contribution in [3.8, 4) is 5.75 Å². The molecular formula is C19H13Cl2N3O3. The van der Waals surface area contributed by atoms with Crippen molar-refractivity contribution in [2.45, 2.75) is 0 Å². The lowest BCUT2D eigenvalue weighted by Crippen LogP contribution is -2.14. The lowest BCUT2D eigenvalue weighted by atomic mass is 10.0. The van der Waals surface area contributed by atoms with Crippen molar-refractivity contribution in [1.82, 2.24) is 9.97 Å². The average molecular weight is 402 g/mol. The SMILES string of the molecule is COc1ccc(C(=O)Nc2c(Cl)cncc2Cl)cc1C(=O)c1ccccn1. The Hall–Kier alpha value is -2.96. The van der Waals surface area contributed by atoms with E-state index in [0.29, 0.717) is 5.75 Å². The molecule has 0 unspecified atom stereocenters. The molecule has 2 aromatic heterocycles. The van der Waals surface area contributed by atoms with Crippen molar-refractivity contribution in [2.24, 2.45) is 0 Å². The lowest BCUT2D eigenvalue weighted by molar-refractivity contribution is 0.102. The number of nitrogens with one attached hydrogen (secondary N) is 1. The van der Waals surface area contributed by atoms with Gasteiger partial charge in [0.1, 0.15) is 11.4 Å². The Bertz CT molecular complexity index is 990. The van der Waals surface area contributed by atoms with E-state index in [1.165, 1.54) is 37.8 Å². The van der Waals surface area contributed by atoms with Crippen LogP contribution in [0.3, 0.4) is 0 Å². The molecule has 0 saturated carbocycles. The highest BCUT2D eigenvalue weighted by Crippen LogP contribution is 2.29. The van der Waals surface area contributed by atoms with Crippen LogP contribution in [0.25, 0.3) is 0 Å². The molecule has 3 rings (SSSR count). The monoisotopic (exact) mass is 401 g/mol. The Labute approximate surface area is 165 Å². The molecule has 6 nitrogen and oxygen atoms in total. The van der Waals surface area contributed by atoms with Gasteiger partial charge in [0.05, 0.1) is 28.4 Å². The van der Waals surface area contributed by atoms with Crippen molar-refractivity contribution in [2.75, 3.05) is 12.4 Å². The highest BCUT2D eigenvalue weighted by Gasteiger charge is 2.19. The number of carbonyl (C=O) groups is 2. The number of hydrogen-bond acceptors (Lipinski definition) is 5. The molecule has 0 bridgehead atoms. The van der Waals surface area contributed by atoms with Gasteiger partial charge in [0, 0.05) is 24.2 Å². The molecule has 8 heteroatoms. The van der Waals surface area contributed by atoms with Crippen LogP contribution in [-0.2, 0) is 0 Å². The largest absolute Gasteiger partial charge is 0.496 e. The van der Waals surface area contributed by atoms with E-state index in [1.807, 2.05) is 0 Å². The zero-order valence-corrected chi connectivity index (χ0v) is 15.6. The Morgan fingerprint density at radius 1 is 1.07 bits per heavy atom. The van der Waals surface area contributed by atoms with Crippen LogP contribution >= 0.6 is 23.2 Å². The predicted octanol–water partition coefficient (Wildman–Crippen LogP) is 4.28. The maximum absolute atomic E-state index is 12.7. The van der Waals surface area contributed by atoms with Gasteiger partial charge in [0.25, 0.3) is 5.91 Å². The van der Waals surface area contributed by atoms with Crippen LogP contribution < -0.4 is 10.1 Å². The molecule has 27 heavy (non-hydrogen) atoms. The molecule has 0 radical (unpaired) electrons. The van der Waals surface area contributed by atoms with E-state index in [2.05, 4.69) is 15.3 Å². The van der Waals surface area contributed by atoms with Crippen LogP contribution in [0.2, 0.25) is 10.0 Å². The minimum absolute atomic E-state index is 0.203. The zero-order chi connectivity index (χ0) is 19.4. The maximum Gasteiger partial charge on any atom is 0.255 e. The van der Waals surface area contributed by atoms with Crippen LogP contribution in [0.4, 0.5) is 5.69 Å². The van der Waals surface area contributed by atoms with Gasteiger partial charge in [0.15, 0.2) is 0 Å². The van der Waals surface area contributed by atoms with Crippen molar-refractivity contribution < 1.29 is 14.3 Å². The number of hydrogen-bond donors (Lipinski definition) is 1. The van der Waals surface area contributed by atoms with E-state index in [0.717, 1.165) is 0 Å². The second-order valence-electron chi connectivity index (χ2n) is 5.39. The highest BCUT2D eigenvalue weighted by atomic mass is 35.5. The normalized spacial score (nSPS) is 10.3. The number of carbonyl (C=O) groups excluding carboxylic acids is 2. The van der Waals surface area contributed by atoms with Crippen LogP contribution in [0.5, 0.6) is 5.75 Å². The second kappa shape index (κ2) is 8.16. The zero-order valence-electron chi connectivity index (χ0n) is 14.1. The standard InChI is InChI=1S/C19H13Cl2N3O3/c1-27-16-6-5-11(8-12(16)18(25)15-4-2-3-7-23-15)19(26)24-17-13(20)9-22-10-14(17)21/h2-10H,1H3,(H,22,24,26). The molecule has 3 aromatic rings. The minimum Gasteiger partial charge on any atom is -0.496 e. The van der Waals surface area contributed by atoms with E-state index >= 15 is 0 Å². The Morgan fingerprint density at radius 3 is 2.44 bits per heavy atom. The summed E-state index contributed by atoms with van der Waals surface area (Å²) in [6, 6.07) is 9.52. The number of methoxy groups -OCH3 is 1. The molecule has 2 heterocycles. The summed E-state index contributed by atoms with van der Waals surface area (Å²) < 4.78 is 5.25. The highest BCUT2D eigenvalue weighted by molar-refractivity contribution is 6.39. The number of rotatable bonds is 5. The summed E-state index contributed by atoms with van der Waals surface area (Å²) in [6.07, 6.45) is 4.25. The number of anilines is 1. The number of pyridine rings is 2. The number of nitrogens with zero attached hydrogens (tertiary/aromatic N) is 2. The van der Waals surface area contributed by atoms with Crippen molar-refractivity contribution in [1.29, 1.82) is 0 Å². The fourth-order valence-corrected chi connectivity index (χ4v) is 2.84. The first kappa shape index (κ1) is 18.8. The molecule has 0 spiro atoms. The van der Waals surface area contributed by atoms with Crippen LogP contribution in [0.15, 0.2) is 55.0 Å². The fraction of sp³-hybridized carbons (Fsp3) is 0.0526. The smallest absolute Gasteiger partial charge is 0.255 e. The van der Waals surface area contributed by atoms with Crippen LogP contribution in [0.1, 0.15) is 26.4 Å². The number of halogens is 2. The number of benzene rings is 1. The number of aromatic nitrogens is 2. The maximum atomic E-state index is 12.7. The summed E-state index contributed by atoms with van der Waals surface area (Å²) in [7, 11) is 1.45. The van der Waals surface area contributed by atoms with Gasteiger partial charge < -0.3 is 10.1 Å². The summed E-state index contributed by atoms with van der Waals surface area (Å²) in [5.41, 5.74) is 0.940. The summed E-state index contributed by atoms with van der Waals surface area (Å²) in [4.78, 5) is 33.2. The van der Waals surface area contributed by atoms with Gasteiger partial charge in [-0.05, 0) is 30.3 Å². The Morgan fingerprint density at radius 2 is 1.81 bits per heavy atom. The van der Waals surface area contributed by atoms with E-state index in [-0.39, 0.29) is 38.3 Å². The molecule has 1 aromatic carbocycles. The first-order chi connectivity index (χ1) is 13.0. The molecule has 0 aliphatic heterocycles. The number of ether oxygens (including phenoxy) is 1. The molecule has 1 amide bonds. The first-order valence-electron chi connectivity index (χ1n) is 7.75. The molecule has 0 aliphatic carbocycles. The van der Waals surface area contributed by atoms with Crippen molar-refractivity contribution >= 4 is 40.6 Å². The third-order valence-corrected chi connectivity index (χ3v) is 4.27. The summed E-state index contributed by atoms with van der Waals surface area (Å²) in [5.74, 6) is -0.507. The molecule has 0 saturated heterocycles. The van der Waals surface area contributed by atoms with Crippen molar-refractivity contribution in [3.63, 3.8) is 0 Å². The second-order valence-corrected chi connectivity index (χ2v) is 6.21. The Balaban J connectivity index is 1.95.